The monoisotopic (exact) mass is 318 g/mol. The first-order valence-corrected chi connectivity index (χ1v) is 5.02. The molecule has 0 aromatic rings. The maximum absolute atomic E-state index is 14.3. The average molecular weight is 318 g/mol. The van der Waals surface area contributed by atoms with Crippen molar-refractivity contribution >= 4 is 5.97 Å². The highest BCUT2D eigenvalue weighted by atomic mass is 19.2. The number of carboxylic acids is 1. The van der Waals surface area contributed by atoms with Gasteiger partial charge in [-0.1, -0.05) is 0 Å². The smallest absolute Gasteiger partial charge is 0.341 e. The van der Waals surface area contributed by atoms with Gasteiger partial charge in [-0.15, -0.1) is 0 Å². The fraction of sp³-hybridized carbons (Fsp3) is 0.182. The molecule has 2 atom stereocenters. The van der Waals surface area contributed by atoms with E-state index in [9.17, 15) is 39.9 Å². The Bertz CT molecular complexity index is 688. The first-order valence-electron chi connectivity index (χ1n) is 5.02. The quantitative estimate of drug-likeness (QED) is 0.745. The van der Waals surface area contributed by atoms with Crippen molar-refractivity contribution in [2.24, 2.45) is 0 Å². The van der Waals surface area contributed by atoms with Gasteiger partial charge in [-0.3, -0.25) is 0 Å². The van der Waals surface area contributed by atoms with Crippen LogP contribution in [0.1, 0.15) is 0 Å². The van der Waals surface area contributed by atoms with Crippen LogP contribution in [0.25, 0.3) is 0 Å². The van der Waals surface area contributed by atoms with Crippen molar-refractivity contribution < 1.29 is 45.0 Å². The van der Waals surface area contributed by atoms with E-state index in [1.807, 2.05) is 0 Å². The Labute approximate surface area is 110 Å². The molecule has 0 aromatic heterocycles. The van der Waals surface area contributed by atoms with Crippen molar-refractivity contribution in [2.45, 2.75) is 11.3 Å². The minimum atomic E-state index is -5.14. The van der Waals surface area contributed by atoms with Crippen molar-refractivity contribution in [1.29, 1.82) is 0 Å². The Hall–Kier alpha value is -2.13. The summed E-state index contributed by atoms with van der Waals surface area (Å²) in [7, 11) is 0. The lowest BCUT2D eigenvalue weighted by Crippen LogP contribution is -2.54. The summed E-state index contributed by atoms with van der Waals surface area (Å²) in [6, 6.07) is 0. The summed E-state index contributed by atoms with van der Waals surface area (Å²) >= 11 is 0. The summed E-state index contributed by atoms with van der Waals surface area (Å²) < 4.78 is 109. The number of allylic oxidation sites excluding steroid dienone is 6. The predicted octanol–water partition coefficient (Wildman–Crippen LogP) is 3.89. The number of aliphatic carboxylic acids is 1. The zero-order valence-corrected chi connectivity index (χ0v) is 9.46. The SMILES string of the molecule is O=C(O)C1=C(F)C2(F)C(F)=C(F)C=C(F)C2(F)C(F)=C1F. The van der Waals surface area contributed by atoms with Gasteiger partial charge in [0, 0.05) is 6.08 Å². The first-order chi connectivity index (χ1) is 9.51. The van der Waals surface area contributed by atoms with Gasteiger partial charge in [0.1, 0.15) is 5.57 Å². The molecule has 0 fully saturated rings. The van der Waals surface area contributed by atoms with E-state index >= 15 is 0 Å². The molecule has 2 aliphatic rings. The van der Waals surface area contributed by atoms with Gasteiger partial charge in [-0.2, -0.15) is 0 Å². The van der Waals surface area contributed by atoms with Crippen LogP contribution in [-0.2, 0) is 4.79 Å². The van der Waals surface area contributed by atoms with Crippen LogP contribution in [0, 0.1) is 0 Å². The summed E-state index contributed by atoms with van der Waals surface area (Å²) in [6.45, 7) is 0. The van der Waals surface area contributed by atoms with Gasteiger partial charge in [-0.05, 0) is 0 Å². The van der Waals surface area contributed by atoms with Gasteiger partial charge in [0.2, 0.25) is 0 Å². The van der Waals surface area contributed by atoms with Crippen molar-refractivity contribution in [1.82, 2.24) is 0 Å². The normalized spacial score (nSPS) is 33.2. The van der Waals surface area contributed by atoms with E-state index in [0.29, 0.717) is 0 Å². The molecule has 2 nitrogen and oxygen atoms in total. The summed E-state index contributed by atoms with van der Waals surface area (Å²) in [5.41, 5.74) is -12.6. The maximum Gasteiger partial charge on any atom is 0.341 e. The van der Waals surface area contributed by atoms with Crippen LogP contribution < -0.4 is 0 Å². The lowest BCUT2D eigenvalue weighted by molar-refractivity contribution is -0.133. The van der Waals surface area contributed by atoms with Crippen molar-refractivity contribution in [2.75, 3.05) is 0 Å². The van der Waals surface area contributed by atoms with Crippen molar-refractivity contribution in [3.05, 3.63) is 46.6 Å². The fourth-order valence-electron chi connectivity index (χ4n) is 1.98. The van der Waals surface area contributed by atoms with E-state index in [4.69, 9.17) is 5.11 Å². The highest BCUT2D eigenvalue weighted by Crippen LogP contribution is 2.60. The van der Waals surface area contributed by atoms with E-state index in [2.05, 4.69) is 0 Å². The van der Waals surface area contributed by atoms with Crippen LogP contribution in [0.2, 0.25) is 0 Å². The third-order valence-electron chi connectivity index (χ3n) is 3.02. The molecule has 21 heavy (non-hydrogen) atoms. The van der Waals surface area contributed by atoms with E-state index in [1.165, 1.54) is 0 Å². The lowest BCUT2D eigenvalue weighted by Gasteiger charge is -2.39. The number of alkyl halides is 2. The second-order valence-electron chi connectivity index (χ2n) is 4.09. The molecule has 0 radical (unpaired) electrons. The first kappa shape index (κ1) is 15.3. The van der Waals surface area contributed by atoms with Crippen molar-refractivity contribution in [3.63, 3.8) is 0 Å². The van der Waals surface area contributed by atoms with Gasteiger partial charge < -0.3 is 5.11 Å². The maximum atomic E-state index is 14.3. The molecule has 2 aliphatic carbocycles. The lowest BCUT2D eigenvalue weighted by atomic mass is 9.73. The van der Waals surface area contributed by atoms with Crippen LogP contribution in [-0.4, -0.2) is 22.4 Å². The number of fused-ring (bicyclic) bond motifs is 1. The topological polar surface area (TPSA) is 37.3 Å². The summed E-state index contributed by atoms with van der Waals surface area (Å²) in [4.78, 5) is 10.5. The molecule has 2 unspecified atom stereocenters. The van der Waals surface area contributed by atoms with E-state index in [1.54, 1.807) is 0 Å². The Morgan fingerprint density at radius 2 is 1.43 bits per heavy atom. The minimum absolute atomic E-state index is 0.640. The van der Waals surface area contributed by atoms with Crippen LogP contribution in [0.4, 0.5) is 35.1 Å². The summed E-state index contributed by atoms with van der Waals surface area (Å²) in [5.74, 6) is -19.6. The number of rotatable bonds is 1. The summed E-state index contributed by atoms with van der Waals surface area (Å²) in [6.07, 6.45) is -0.640. The van der Waals surface area contributed by atoms with E-state index in [0.717, 1.165) is 0 Å². The van der Waals surface area contributed by atoms with Gasteiger partial charge in [0.15, 0.2) is 35.0 Å². The Kier molecular flexibility index (Phi) is 3.04. The van der Waals surface area contributed by atoms with E-state index < -0.39 is 63.9 Å². The Morgan fingerprint density at radius 1 is 0.905 bits per heavy atom. The molecule has 0 aliphatic heterocycles. The molecule has 1 N–H and O–H groups in total. The summed E-state index contributed by atoms with van der Waals surface area (Å²) in [5, 5.41) is 8.44. The van der Waals surface area contributed by atoms with Gasteiger partial charge in [0.05, 0.1) is 0 Å². The van der Waals surface area contributed by atoms with Crippen LogP contribution in [0.3, 0.4) is 0 Å². The zero-order valence-electron chi connectivity index (χ0n) is 9.46. The Morgan fingerprint density at radius 3 is 1.90 bits per heavy atom. The molecule has 0 bridgehead atoms. The van der Waals surface area contributed by atoms with Crippen LogP contribution in [0.15, 0.2) is 46.6 Å². The predicted molar refractivity (Wildman–Crippen MR) is 51.1 cm³/mol. The molecular weight excluding hydrogens is 316 g/mol. The van der Waals surface area contributed by atoms with E-state index in [-0.39, 0.29) is 0 Å². The molecule has 0 saturated heterocycles. The molecule has 114 valence electrons. The number of hydrogen-bond donors (Lipinski definition) is 1. The largest absolute Gasteiger partial charge is 0.477 e. The molecule has 0 heterocycles. The molecule has 0 aromatic carbocycles. The standard InChI is InChI=1S/C11H2F8O2/c12-2-1-3(13)10(18)8(17)5(14)4(9(20)21)7(16)11(10,19)6(2)15/h1H,(H,20,21). The highest BCUT2D eigenvalue weighted by molar-refractivity contribution is 5.93. The fourth-order valence-corrected chi connectivity index (χ4v) is 1.98. The molecule has 2 rings (SSSR count). The third kappa shape index (κ3) is 1.49. The number of carboxylic acid groups (broad SMARTS) is 1. The highest BCUT2D eigenvalue weighted by Gasteiger charge is 2.72. The molecule has 0 amide bonds. The average Bonchev–Trinajstić information content (AvgIpc) is 2.40. The third-order valence-corrected chi connectivity index (χ3v) is 3.02. The second-order valence-corrected chi connectivity index (χ2v) is 4.09. The van der Waals surface area contributed by atoms with Gasteiger partial charge >= 0.3 is 5.97 Å². The Balaban J connectivity index is 2.97. The second kappa shape index (κ2) is 4.18. The van der Waals surface area contributed by atoms with Crippen LogP contribution >= 0.6 is 0 Å². The molecular formula is C11H2F8O2. The number of hydrogen-bond acceptors (Lipinski definition) is 1. The zero-order chi connectivity index (χ0) is 16.3. The molecule has 10 heteroatoms. The number of carbonyl (C=O) groups is 1. The van der Waals surface area contributed by atoms with Gasteiger partial charge in [-0.25, -0.2) is 39.9 Å². The molecule has 0 spiro atoms. The van der Waals surface area contributed by atoms with Gasteiger partial charge in [0.25, 0.3) is 11.3 Å². The van der Waals surface area contributed by atoms with Crippen molar-refractivity contribution in [3.8, 4) is 0 Å². The molecule has 0 saturated carbocycles. The minimum Gasteiger partial charge on any atom is -0.477 e. The number of halogens is 8. The van der Waals surface area contributed by atoms with Crippen LogP contribution in [0.5, 0.6) is 0 Å².